The smallest absolute Gasteiger partial charge is 0.229 e. The van der Waals surface area contributed by atoms with Crippen LogP contribution in [0.4, 0.5) is 17.5 Å². The van der Waals surface area contributed by atoms with Crippen molar-refractivity contribution >= 4 is 39.3 Å². The number of nitrogens with one attached hydrogen (secondary N) is 4. The average molecular weight is 354 g/mol. The standard InChI is InChI=1S/C21H18N6/c1-3-18-15(5-8-22-18)11-14(1)13-25-20-7-10-24-21(27-20)26-17-2-4-19-16(12-17)6-9-23-19/h1-12,22-23H,13H2,(H2,24,25,26,27). The van der Waals surface area contributed by atoms with Gasteiger partial charge in [-0.05, 0) is 59.5 Å². The minimum absolute atomic E-state index is 0.566. The van der Waals surface area contributed by atoms with Gasteiger partial charge in [0, 0.05) is 47.2 Å². The molecule has 3 heterocycles. The summed E-state index contributed by atoms with van der Waals surface area (Å²) in [6, 6.07) is 18.5. The molecular weight excluding hydrogens is 336 g/mol. The quantitative estimate of drug-likeness (QED) is 0.366. The fraction of sp³-hybridized carbons (Fsp3) is 0.0476. The molecule has 27 heavy (non-hydrogen) atoms. The van der Waals surface area contributed by atoms with E-state index in [-0.39, 0.29) is 0 Å². The molecule has 0 saturated heterocycles. The molecule has 6 nitrogen and oxygen atoms in total. The van der Waals surface area contributed by atoms with Crippen molar-refractivity contribution in [2.24, 2.45) is 0 Å². The lowest BCUT2D eigenvalue weighted by molar-refractivity contribution is 1.09. The molecule has 6 heteroatoms. The molecule has 2 aromatic carbocycles. The van der Waals surface area contributed by atoms with Crippen LogP contribution in [0.2, 0.25) is 0 Å². The molecule has 5 aromatic rings. The van der Waals surface area contributed by atoms with E-state index in [0.717, 1.165) is 27.9 Å². The highest BCUT2D eigenvalue weighted by Gasteiger charge is 2.03. The SMILES string of the molecule is c1cc(NCc2ccc3[nH]ccc3c2)nc(Nc2ccc3[nH]ccc3c2)n1. The van der Waals surface area contributed by atoms with E-state index >= 15 is 0 Å². The number of aromatic amines is 2. The monoisotopic (exact) mass is 354 g/mol. The summed E-state index contributed by atoms with van der Waals surface area (Å²) in [6.07, 6.45) is 5.64. The van der Waals surface area contributed by atoms with Gasteiger partial charge in [-0.3, -0.25) is 0 Å². The second-order valence-corrected chi connectivity index (χ2v) is 6.42. The molecule has 0 radical (unpaired) electrons. The van der Waals surface area contributed by atoms with Crippen LogP contribution in [0.5, 0.6) is 0 Å². The van der Waals surface area contributed by atoms with Crippen molar-refractivity contribution in [1.82, 2.24) is 19.9 Å². The Hall–Kier alpha value is -3.80. The summed E-state index contributed by atoms with van der Waals surface area (Å²) in [6.45, 7) is 0.701. The van der Waals surface area contributed by atoms with Gasteiger partial charge in [0.15, 0.2) is 0 Å². The first-order valence-electron chi connectivity index (χ1n) is 8.81. The van der Waals surface area contributed by atoms with Crippen LogP contribution < -0.4 is 10.6 Å². The van der Waals surface area contributed by atoms with Crippen molar-refractivity contribution in [1.29, 1.82) is 0 Å². The Morgan fingerprint density at radius 3 is 2.44 bits per heavy atom. The van der Waals surface area contributed by atoms with E-state index in [4.69, 9.17) is 0 Å². The number of fused-ring (bicyclic) bond motifs is 2. The summed E-state index contributed by atoms with van der Waals surface area (Å²) < 4.78 is 0. The van der Waals surface area contributed by atoms with Crippen molar-refractivity contribution in [3.8, 4) is 0 Å². The number of H-pyrrole nitrogens is 2. The first-order chi connectivity index (χ1) is 13.3. The maximum absolute atomic E-state index is 4.56. The second kappa shape index (κ2) is 6.49. The number of anilines is 3. The lowest BCUT2D eigenvalue weighted by atomic mass is 10.1. The van der Waals surface area contributed by atoms with Gasteiger partial charge in [-0.2, -0.15) is 4.98 Å². The zero-order chi connectivity index (χ0) is 18.1. The van der Waals surface area contributed by atoms with Crippen LogP contribution in [0.15, 0.2) is 73.2 Å². The minimum Gasteiger partial charge on any atom is -0.366 e. The molecule has 0 spiro atoms. The van der Waals surface area contributed by atoms with E-state index in [1.807, 2.05) is 36.7 Å². The second-order valence-electron chi connectivity index (χ2n) is 6.42. The van der Waals surface area contributed by atoms with Crippen LogP contribution in [0.1, 0.15) is 5.56 Å². The molecule has 0 aliphatic carbocycles. The average Bonchev–Trinajstić information content (AvgIpc) is 3.35. The van der Waals surface area contributed by atoms with Crippen molar-refractivity contribution < 1.29 is 0 Å². The minimum atomic E-state index is 0.566. The number of rotatable bonds is 5. The largest absolute Gasteiger partial charge is 0.366 e. The fourth-order valence-corrected chi connectivity index (χ4v) is 3.18. The van der Waals surface area contributed by atoms with E-state index in [9.17, 15) is 0 Å². The highest BCUT2D eigenvalue weighted by molar-refractivity contribution is 5.83. The van der Waals surface area contributed by atoms with Crippen LogP contribution in [-0.2, 0) is 6.54 Å². The molecule has 0 bridgehead atoms. The topological polar surface area (TPSA) is 81.4 Å². The molecule has 0 fully saturated rings. The Bertz CT molecular complexity index is 1220. The van der Waals surface area contributed by atoms with E-state index in [1.54, 1.807) is 6.20 Å². The fourth-order valence-electron chi connectivity index (χ4n) is 3.18. The lowest BCUT2D eigenvalue weighted by Gasteiger charge is -2.09. The Morgan fingerprint density at radius 2 is 1.59 bits per heavy atom. The molecule has 132 valence electrons. The predicted molar refractivity (Wildman–Crippen MR) is 109 cm³/mol. The van der Waals surface area contributed by atoms with Gasteiger partial charge in [0.05, 0.1) is 0 Å². The third-order valence-electron chi connectivity index (χ3n) is 4.56. The van der Waals surface area contributed by atoms with Crippen LogP contribution in [0.3, 0.4) is 0 Å². The molecule has 0 aliphatic rings. The van der Waals surface area contributed by atoms with Gasteiger partial charge in [0.2, 0.25) is 5.95 Å². The van der Waals surface area contributed by atoms with Gasteiger partial charge in [0.25, 0.3) is 0 Å². The van der Waals surface area contributed by atoms with Crippen molar-refractivity contribution in [2.75, 3.05) is 10.6 Å². The maximum atomic E-state index is 4.56. The van der Waals surface area contributed by atoms with E-state index < -0.39 is 0 Å². The zero-order valence-electron chi connectivity index (χ0n) is 14.5. The van der Waals surface area contributed by atoms with Gasteiger partial charge in [0.1, 0.15) is 5.82 Å². The maximum Gasteiger partial charge on any atom is 0.229 e. The molecule has 0 amide bonds. The predicted octanol–water partition coefficient (Wildman–Crippen LogP) is 4.79. The van der Waals surface area contributed by atoms with Crippen LogP contribution >= 0.6 is 0 Å². The summed E-state index contributed by atoms with van der Waals surface area (Å²) in [5.41, 5.74) is 4.41. The summed E-state index contributed by atoms with van der Waals surface area (Å²) in [5, 5.41) is 8.98. The molecule has 5 rings (SSSR count). The van der Waals surface area contributed by atoms with Gasteiger partial charge < -0.3 is 20.6 Å². The zero-order valence-corrected chi connectivity index (χ0v) is 14.5. The van der Waals surface area contributed by atoms with Gasteiger partial charge in [-0.25, -0.2) is 4.98 Å². The highest BCUT2D eigenvalue weighted by Crippen LogP contribution is 2.21. The van der Waals surface area contributed by atoms with Gasteiger partial charge in [-0.15, -0.1) is 0 Å². The Balaban J connectivity index is 1.30. The Labute approximate surface area is 155 Å². The van der Waals surface area contributed by atoms with Gasteiger partial charge in [-0.1, -0.05) is 6.07 Å². The number of aromatic nitrogens is 4. The summed E-state index contributed by atoms with van der Waals surface area (Å²) in [4.78, 5) is 15.3. The normalized spacial score (nSPS) is 11.1. The Morgan fingerprint density at radius 1 is 0.815 bits per heavy atom. The number of hydrogen-bond donors (Lipinski definition) is 4. The first-order valence-corrected chi connectivity index (χ1v) is 8.81. The van der Waals surface area contributed by atoms with Crippen LogP contribution in [0, 0.1) is 0 Å². The molecule has 4 N–H and O–H groups in total. The molecule has 0 saturated carbocycles. The van der Waals surface area contributed by atoms with Crippen molar-refractivity contribution in [3.63, 3.8) is 0 Å². The van der Waals surface area contributed by atoms with E-state index in [0.29, 0.717) is 12.5 Å². The third-order valence-corrected chi connectivity index (χ3v) is 4.56. The molecular formula is C21H18N6. The summed E-state index contributed by atoms with van der Waals surface area (Å²) in [5.74, 6) is 1.35. The molecule has 0 aliphatic heterocycles. The third kappa shape index (κ3) is 3.20. The number of nitrogens with zero attached hydrogens (tertiary/aromatic N) is 2. The number of benzene rings is 2. The molecule has 0 unspecified atom stereocenters. The Kier molecular flexibility index (Phi) is 3.72. The summed E-state index contributed by atoms with van der Waals surface area (Å²) >= 11 is 0. The van der Waals surface area contributed by atoms with E-state index in [2.05, 4.69) is 60.9 Å². The molecule has 3 aromatic heterocycles. The van der Waals surface area contributed by atoms with Crippen molar-refractivity contribution in [2.45, 2.75) is 6.54 Å². The highest BCUT2D eigenvalue weighted by atomic mass is 15.1. The molecule has 0 atom stereocenters. The first kappa shape index (κ1) is 15.5. The summed E-state index contributed by atoms with van der Waals surface area (Å²) in [7, 11) is 0. The van der Waals surface area contributed by atoms with Crippen LogP contribution in [-0.4, -0.2) is 19.9 Å². The van der Waals surface area contributed by atoms with E-state index in [1.165, 1.54) is 10.9 Å². The van der Waals surface area contributed by atoms with Crippen molar-refractivity contribution in [3.05, 3.63) is 78.8 Å². The number of hydrogen-bond acceptors (Lipinski definition) is 4. The van der Waals surface area contributed by atoms with Gasteiger partial charge >= 0.3 is 0 Å². The lowest BCUT2D eigenvalue weighted by Crippen LogP contribution is -2.04. The van der Waals surface area contributed by atoms with Crippen LogP contribution in [0.25, 0.3) is 21.8 Å².